The molecule has 1 rings (SSSR count). The summed E-state index contributed by atoms with van der Waals surface area (Å²) in [7, 11) is 0. The van der Waals surface area contributed by atoms with Crippen molar-refractivity contribution in [2.75, 3.05) is 0 Å². The van der Waals surface area contributed by atoms with E-state index in [1.54, 1.807) is 0 Å². The van der Waals surface area contributed by atoms with Crippen LogP contribution in [0.1, 0.15) is 46.0 Å². The fourth-order valence-corrected chi connectivity index (χ4v) is 2.00. The molecule has 0 spiro atoms. The van der Waals surface area contributed by atoms with Gasteiger partial charge in [0.15, 0.2) is 0 Å². The van der Waals surface area contributed by atoms with Crippen molar-refractivity contribution in [2.45, 2.75) is 46.0 Å². The van der Waals surface area contributed by atoms with Crippen LogP contribution >= 0.6 is 0 Å². The Balaban J connectivity index is 2.40. The van der Waals surface area contributed by atoms with Crippen LogP contribution in [0.2, 0.25) is 0 Å². The minimum atomic E-state index is 0.137. The van der Waals surface area contributed by atoms with Crippen molar-refractivity contribution in [3.63, 3.8) is 0 Å². The number of hydrogen-bond donors (Lipinski definition) is 1. The molecule has 1 aliphatic rings. The lowest BCUT2D eigenvalue weighted by Crippen LogP contribution is -2.30. The third-order valence-corrected chi connectivity index (χ3v) is 3.26. The standard InChI is InChI=1S/C15H23NO/c1-4-12(2)10-11-13(3)16-15(17)14-8-6-5-7-9-14/h4,10-11,14H,3,5-9H2,1-2H3,(H,16,17)/b11-10-,12-4-. The maximum atomic E-state index is 11.9. The van der Waals surface area contributed by atoms with Crippen LogP contribution in [0.15, 0.2) is 36.1 Å². The molecule has 0 aromatic rings. The first-order valence-electron chi connectivity index (χ1n) is 6.44. The summed E-state index contributed by atoms with van der Waals surface area (Å²) in [5.74, 6) is 0.328. The first-order valence-corrected chi connectivity index (χ1v) is 6.44. The van der Waals surface area contributed by atoms with Gasteiger partial charge in [0.05, 0.1) is 0 Å². The lowest BCUT2D eigenvalue weighted by atomic mass is 9.88. The van der Waals surface area contributed by atoms with E-state index >= 15 is 0 Å². The predicted octanol–water partition coefficient (Wildman–Crippen LogP) is 3.72. The van der Waals surface area contributed by atoms with E-state index in [1.165, 1.54) is 19.3 Å². The summed E-state index contributed by atoms with van der Waals surface area (Å²) < 4.78 is 0. The van der Waals surface area contributed by atoms with Crippen molar-refractivity contribution in [1.82, 2.24) is 5.32 Å². The van der Waals surface area contributed by atoms with Crippen molar-refractivity contribution in [3.05, 3.63) is 36.1 Å². The lowest BCUT2D eigenvalue weighted by Gasteiger charge is -2.20. The maximum absolute atomic E-state index is 11.9. The number of amides is 1. The third kappa shape index (κ3) is 5.03. The molecule has 0 bridgehead atoms. The van der Waals surface area contributed by atoms with Crippen LogP contribution < -0.4 is 5.32 Å². The topological polar surface area (TPSA) is 29.1 Å². The molecule has 1 N–H and O–H groups in total. The van der Waals surface area contributed by atoms with Crippen molar-refractivity contribution in [2.24, 2.45) is 5.92 Å². The second-order valence-electron chi connectivity index (χ2n) is 4.72. The fraction of sp³-hybridized carbons (Fsp3) is 0.533. The molecule has 0 aliphatic heterocycles. The molecule has 0 aromatic heterocycles. The molecule has 17 heavy (non-hydrogen) atoms. The number of rotatable bonds is 4. The fourth-order valence-electron chi connectivity index (χ4n) is 2.00. The van der Waals surface area contributed by atoms with Gasteiger partial charge in [0.25, 0.3) is 0 Å². The Kier molecular flexibility index (Phi) is 5.75. The largest absolute Gasteiger partial charge is 0.326 e. The monoisotopic (exact) mass is 233 g/mol. The van der Waals surface area contributed by atoms with Crippen molar-refractivity contribution in [3.8, 4) is 0 Å². The Morgan fingerprint density at radius 2 is 1.88 bits per heavy atom. The zero-order valence-corrected chi connectivity index (χ0v) is 11.0. The summed E-state index contributed by atoms with van der Waals surface area (Å²) in [5.41, 5.74) is 1.85. The van der Waals surface area contributed by atoms with Gasteiger partial charge in [-0.05, 0) is 32.8 Å². The molecule has 0 heterocycles. The zero-order chi connectivity index (χ0) is 12.7. The van der Waals surface area contributed by atoms with Gasteiger partial charge in [0.1, 0.15) is 0 Å². The Bertz CT molecular complexity index is 333. The van der Waals surface area contributed by atoms with Crippen LogP contribution in [0.25, 0.3) is 0 Å². The van der Waals surface area contributed by atoms with E-state index < -0.39 is 0 Å². The molecule has 0 unspecified atom stereocenters. The summed E-state index contributed by atoms with van der Waals surface area (Å²) in [6, 6.07) is 0. The van der Waals surface area contributed by atoms with Gasteiger partial charge in [0.2, 0.25) is 5.91 Å². The summed E-state index contributed by atoms with van der Waals surface area (Å²) in [6.45, 7) is 7.86. The molecular weight excluding hydrogens is 210 g/mol. The van der Waals surface area contributed by atoms with Crippen LogP contribution in [0.5, 0.6) is 0 Å². The summed E-state index contributed by atoms with van der Waals surface area (Å²) in [6.07, 6.45) is 11.5. The number of hydrogen-bond acceptors (Lipinski definition) is 1. The maximum Gasteiger partial charge on any atom is 0.227 e. The normalized spacial score (nSPS) is 18.4. The molecule has 1 saturated carbocycles. The van der Waals surface area contributed by atoms with Crippen LogP contribution in [-0.4, -0.2) is 5.91 Å². The second kappa shape index (κ2) is 7.10. The van der Waals surface area contributed by atoms with E-state index in [0.717, 1.165) is 18.4 Å². The molecule has 2 nitrogen and oxygen atoms in total. The highest BCUT2D eigenvalue weighted by molar-refractivity contribution is 5.80. The van der Waals surface area contributed by atoms with E-state index in [0.29, 0.717) is 5.70 Å². The average molecular weight is 233 g/mol. The molecule has 1 aliphatic carbocycles. The highest BCUT2D eigenvalue weighted by atomic mass is 16.1. The summed E-state index contributed by atoms with van der Waals surface area (Å²) in [5, 5.41) is 2.88. The molecule has 0 saturated heterocycles. The molecule has 1 amide bonds. The van der Waals surface area contributed by atoms with Gasteiger partial charge in [-0.1, -0.05) is 43.6 Å². The number of carbonyl (C=O) groups is 1. The Hall–Kier alpha value is -1.31. The van der Waals surface area contributed by atoms with Crippen LogP contribution in [-0.2, 0) is 4.79 Å². The van der Waals surface area contributed by atoms with Gasteiger partial charge in [0, 0.05) is 11.6 Å². The van der Waals surface area contributed by atoms with Crippen LogP contribution in [0, 0.1) is 5.92 Å². The van der Waals surface area contributed by atoms with E-state index in [2.05, 4.69) is 11.9 Å². The lowest BCUT2D eigenvalue weighted by molar-refractivity contribution is -0.125. The molecule has 0 atom stereocenters. The van der Waals surface area contributed by atoms with E-state index in [4.69, 9.17) is 0 Å². The zero-order valence-electron chi connectivity index (χ0n) is 11.0. The number of carbonyl (C=O) groups excluding carboxylic acids is 1. The first-order chi connectivity index (χ1) is 8.13. The van der Waals surface area contributed by atoms with E-state index in [9.17, 15) is 4.79 Å². The van der Waals surface area contributed by atoms with Gasteiger partial charge in [-0.3, -0.25) is 4.79 Å². The van der Waals surface area contributed by atoms with E-state index in [-0.39, 0.29) is 11.8 Å². The second-order valence-corrected chi connectivity index (χ2v) is 4.72. The SMILES string of the molecule is C=C(/C=C\C(C)=C/C)NC(=O)C1CCCCC1. The molecule has 2 heteroatoms. The third-order valence-electron chi connectivity index (χ3n) is 3.26. The van der Waals surface area contributed by atoms with Gasteiger partial charge in [-0.2, -0.15) is 0 Å². The van der Waals surface area contributed by atoms with Crippen molar-refractivity contribution < 1.29 is 4.79 Å². The van der Waals surface area contributed by atoms with Crippen LogP contribution in [0.3, 0.4) is 0 Å². The van der Waals surface area contributed by atoms with Crippen molar-refractivity contribution >= 4 is 5.91 Å². The Morgan fingerprint density at radius 3 is 2.47 bits per heavy atom. The molecule has 0 radical (unpaired) electrons. The summed E-state index contributed by atoms with van der Waals surface area (Å²) in [4.78, 5) is 11.9. The summed E-state index contributed by atoms with van der Waals surface area (Å²) >= 11 is 0. The molecule has 94 valence electrons. The van der Waals surface area contributed by atoms with Gasteiger partial charge >= 0.3 is 0 Å². The van der Waals surface area contributed by atoms with Gasteiger partial charge in [-0.15, -0.1) is 0 Å². The number of allylic oxidation sites excluding steroid dienone is 4. The Labute approximate surface area is 104 Å². The quantitative estimate of drug-likeness (QED) is 0.737. The minimum absolute atomic E-state index is 0.137. The smallest absolute Gasteiger partial charge is 0.227 e. The molecular formula is C15H23NO. The van der Waals surface area contributed by atoms with E-state index in [1.807, 2.05) is 32.1 Å². The number of nitrogens with one attached hydrogen (secondary N) is 1. The van der Waals surface area contributed by atoms with Gasteiger partial charge < -0.3 is 5.32 Å². The Morgan fingerprint density at radius 1 is 1.24 bits per heavy atom. The van der Waals surface area contributed by atoms with Gasteiger partial charge in [-0.25, -0.2) is 0 Å². The van der Waals surface area contributed by atoms with Crippen molar-refractivity contribution in [1.29, 1.82) is 0 Å². The minimum Gasteiger partial charge on any atom is -0.326 e. The highest BCUT2D eigenvalue weighted by Crippen LogP contribution is 2.23. The first kappa shape index (κ1) is 13.8. The molecule has 0 aromatic carbocycles. The van der Waals surface area contributed by atoms with Crippen LogP contribution in [0.4, 0.5) is 0 Å². The molecule has 1 fully saturated rings. The predicted molar refractivity (Wildman–Crippen MR) is 72.4 cm³/mol. The highest BCUT2D eigenvalue weighted by Gasteiger charge is 2.20. The average Bonchev–Trinajstić information content (AvgIpc) is 2.36.